The van der Waals surface area contributed by atoms with Gasteiger partial charge in [-0.15, -0.1) is 11.3 Å². The molecule has 2 aromatic rings. The van der Waals surface area contributed by atoms with Gasteiger partial charge in [-0.1, -0.05) is 12.1 Å². The van der Waals surface area contributed by atoms with Gasteiger partial charge in [-0.3, -0.25) is 14.7 Å². The van der Waals surface area contributed by atoms with Gasteiger partial charge < -0.3 is 10.1 Å². The maximum atomic E-state index is 12.1. The van der Waals surface area contributed by atoms with E-state index in [0.717, 1.165) is 31.7 Å². The summed E-state index contributed by atoms with van der Waals surface area (Å²) in [6.07, 6.45) is 3.62. The third kappa shape index (κ3) is 4.26. The monoisotopic (exact) mass is 357 g/mol. The minimum atomic E-state index is 0.0651. The molecule has 2 aromatic heterocycles. The molecule has 2 aliphatic heterocycles. The van der Waals surface area contributed by atoms with Gasteiger partial charge >= 0.3 is 0 Å². The predicted molar refractivity (Wildman–Crippen MR) is 97.1 cm³/mol. The van der Waals surface area contributed by atoms with Crippen molar-refractivity contribution in [3.05, 3.63) is 52.5 Å². The van der Waals surface area contributed by atoms with E-state index in [-0.39, 0.29) is 18.1 Å². The summed E-state index contributed by atoms with van der Waals surface area (Å²) in [5.41, 5.74) is 1.10. The van der Waals surface area contributed by atoms with Crippen LogP contribution in [0.25, 0.3) is 0 Å². The van der Waals surface area contributed by atoms with Crippen LogP contribution in [-0.4, -0.2) is 41.1 Å². The van der Waals surface area contributed by atoms with E-state index in [2.05, 4.69) is 21.3 Å². The number of likely N-dealkylation sites (tertiary alicyclic amines) is 1. The fraction of sp³-hybridized carbons (Fsp3) is 0.474. The molecule has 1 N–H and O–H groups in total. The number of amides is 1. The highest BCUT2D eigenvalue weighted by Gasteiger charge is 2.42. The molecule has 3 atom stereocenters. The molecule has 0 saturated carbocycles. The molecule has 1 amide bonds. The number of carbonyl (C=O) groups is 1. The number of nitrogens with zero attached hydrogens (tertiary/aromatic N) is 2. The Balaban J connectivity index is 1.20. The van der Waals surface area contributed by atoms with Gasteiger partial charge in [0.2, 0.25) is 5.91 Å². The lowest BCUT2D eigenvalue weighted by Gasteiger charge is -2.18. The number of rotatable bonds is 6. The van der Waals surface area contributed by atoms with Crippen molar-refractivity contribution in [3.63, 3.8) is 0 Å². The Bertz CT molecular complexity index is 678. The summed E-state index contributed by atoms with van der Waals surface area (Å²) < 4.78 is 6.14. The second-order valence-corrected chi connectivity index (χ2v) is 7.90. The molecule has 0 radical (unpaired) electrons. The third-order valence-electron chi connectivity index (χ3n) is 4.95. The molecule has 0 bridgehead atoms. The second kappa shape index (κ2) is 7.64. The first-order valence-electron chi connectivity index (χ1n) is 8.83. The van der Waals surface area contributed by atoms with E-state index in [1.54, 1.807) is 11.3 Å². The summed E-state index contributed by atoms with van der Waals surface area (Å²) in [5, 5.41) is 5.02. The van der Waals surface area contributed by atoms with E-state index in [1.165, 1.54) is 4.88 Å². The largest absolute Gasteiger partial charge is 0.373 e. The average molecular weight is 357 g/mol. The molecule has 5 nitrogen and oxygen atoms in total. The van der Waals surface area contributed by atoms with Gasteiger partial charge in [-0.05, 0) is 30.0 Å². The van der Waals surface area contributed by atoms with E-state index in [4.69, 9.17) is 4.74 Å². The van der Waals surface area contributed by atoms with Crippen molar-refractivity contribution in [2.75, 3.05) is 13.1 Å². The van der Waals surface area contributed by atoms with Crippen LogP contribution >= 0.6 is 11.3 Å². The first-order chi connectivity index (χ1) is 12.3. The quantitative estimate of drug-likeness (QED) is 0.863. The molecule has 0 aromatic carbocycles. The molecule has 0 spiro atoms. The van der Waals surface area contributed by atoms with Crippen LogP contribution in [0.5, 0.6) is 0 Å². The molecule has 25 heavy (non-hydrogen) atoms. The highest BCUT2D eigenvalue weighted by atomic mass is 32.1. The number of hydrogen-bond donors (Lipinski definition) is 1. The zero-order chi connectivity index (χ0) is 17.1. The van der Waals surface area contributed by atoms with E-state index in [1.807, 2.05) is 35.8 Å². The highest BCUT2D eigenvalue weighted by Crippen LogP contribution is 2.34. The molecule has 0 aliphatic carbocycles. The number of pyridine rings is 1. The summed E-state index contributed by atoms with van der Waals surface area (Å²) in [5.74, 6) is 0.627. The average Bonchev–Trinajstić information content (AvgIpc) is 3.30. The van der Waals surface area contributed by atoms with Crippen molar-refractivity contribution >= 4 is 17.2 Å². The summed E-state index contributed by atoms with van der Waals surface area (Å²) in [7, 11) is 0. The molecular formula is C19H23N3O2S. The van der Waals surface area contributed by atoms with Crippen LogP contribution in [0.3, 0.4) is 0 Å². The van der Waals surface area contributed by atoms with Crippen molar-refractivity contribution in [1.29, 1.82) is 0 Å². The van der Waals surface area contributed by atoms with Crippen LogP contribution < -0.4 is 5.32 Å². The maximum absolute atomic E-state index is 12.1. The number of ether oxygens (including phenoxy) is 1. The van der Waals surface area contributed by atoms with Crippen LogP contribution in [-0.2, 0) is 22.6 Å². The molecule has 2 fully saturated rings. The van der Waals surface area contributed by atoms with Crippen molar-refractivity contribution in [2.45, 2.75) is 38.1 Å². The molecule has 4 rings (SSSR count). The first-order valence-corrected chi connectivity index (χ1v) is 9.71. The maximum Gasteiger partial charge on any atom is 0.222 e. The van der Waals surface area contributed by atoms with Crippen LogP contribution in [0.1, 0.15) is 23.4 Å². The van der Waals surface area contributed by atoms with E-state index in [9.17, 15) is 4.79 Å². The Labute approximate surface area is 152 Å². The number of nitrogens with one attached hydrogen (secondary N) is 1. The van der Waals surface area contributed by atoms with Gasteiger partial charge in [-0.25, -0.2) is 0 Å². The number of carbonyl (C=O) groups excluding carboxylic acids is 1. The summed E-state index contributed by atoms with van der Waals surface area (Å²) in [4.78, 5) is 20.1. The van der Waals surface area contributed by atoms with Gasteiger partial charge in [0.15, 0.2) is 0 Å². The van der Waals surface area contributed by atoms with Gasteiger partial charge in [0.25, 0.3) is 0 Å². The minimum absolute atomic E-state index is 0.0651. The minimum Gasteiger partial charge on any atom is -0.373 e. The number of aromatic nitrogens is 1. The molecular weight excluding hydrogens is 334 g/mol. The standard InChI is InChI=1S/C19H23N3O2S/c23-19(21-10-17-5-3-7-25-17)9-16-8-14-11-22(13-18(14)24-16)12-15-4-1-2-6-20-15/h1-7,14,16,18H,8-13H2,(H,21,23)/t14-,16+,18+/m1/s1. The molecule has 0 unspecified atom stereocenters. The zero-order valence-electron chi connectivity index (χ0n) is 14.1. The summed E-state index contributed by atoms with van der Waals surface area (Å²) >= 11 is 1.67. The lowest BCUT2D eigenvalue weighted by molar-refractivity contribution is -0.123. The van der Waals surface area contributed by atoms with Gasteiger partial charge in [0.05, 0.1) is 30.9 Å². The van der Waals surface area contributed by atoms with Crippen molar-refractivity contribution < 1.29 is 9.53 Å². The second-order valence-electron chi connectivity index (χ2n) is 6.87. The van der Waals surface area contributed by atoms with Crippen LogP contribution in [0.2, 0.25) is 0 Å². The van der Waals surface area contributed by atoms with E-state index < -0.39 is 0 Å². The number of hydrogen-bond acceptors (Lipinski definition) is 5. The number of fused-ring (bicyclic) bond motifs is 1. The van der Waals surface area contributed by atoms with E-state index in [0.29, 0.717) is 18.9 Å². The number of thiophene rings is 1. The Morgan fingerprint density at radius 2 is 2.28 bits per heavy atom. The fourth-order valence-electron chi connectivity index (χ4n) is 3.81. The Morgan fingerprint density at radius 3 is 3.04 bits per heavy atom. The van der Waals surface area contributed by atoms with Crippen LogP contribution in [0.15, 0.2) is 41.9 Å². The Hall–Kier alpha value is -1.76. The van der Waals surface area contributed by atoms with Crippen LogP contribution in [0, 0.1) is 5.92 Å². The first kappa shape index (κ1) is 16.7. The van der Waals surface area contributed by atoms with Crippen molar-refractivity contribution in [2.24, 2.45) is 5.92 Å². The zero-order valence-corrected chi connectivity index (χ0v) is 15.0. The highest BCUT2D eigenvalue weighted by molar-refractivity contribution is 7.09. The molecule has 6 heteroatoms. The van der Waals surface area contributed by atoms with Crippen molar-refractivity contribution in [3.8, 4) is 0 Å². The summed E-state index contributed by atoms with van der Waals surface area (Å²) in [6, 6.07) is 10.1. The predicted octanol–water partition coefficient (Wildman–Crippen LogP) is 2.44. The molecule has 2 saturated heterocycles. The topological polar surface area (TPSA) is 54.5 Å². The normalized spacial score (nSPS) is 25.8. The lowest BCUT2D eigenvalue weighted by atomic mass is 10.0. The fourth-order valence-corrected chi connectivity index (χ4v) is 4.45. The van der Waals surface area contributed by atoms with Gasteiger partial charge in [0, 0.05) is 36.6 Å². The van der Waals surface area contributed by atoms with Crippen molar-refractivity contribution in [1.82, 2.24) is 15.2 Å². The van der Waals surface area contributed by atoms with Crippen LogP contribution in [0.4, 0.5) is 0 Å². The SMILES string of the molecule is O=C(C[C@@H]1C[C@@H]2CN(Cc3ccccn3)C[C@@H]2O1)NCc1cccs1. The Kier molecular flexibility index (Phi) is 5.10. The van der Waals surface area contributed by atoms with Gasteiger partial charge in [-0.2, -0.15) is 0 Å². The molecule has 2 aliphatic rings. The summed E-state index contributed by atoms with van der Waals surface area (Å²) in [6.45, 7) is 3.47. The van der Waals surface area contributed by atoms with Gasteiger partial charge in [0.1, 0.15) is 0 Å². The molecule has 132 valence electrons. The smallest absolute Gasteiger partial charge is 0.222 e. The van der Waals surface area contributed by atoms with E-state index >= 15 is 0 Å². The Morgan fingerprint density at radius 1 is 1.32 bits per heavy atom. The third-order valence-corrected chi connectivity index (χ3v) is 5.83. The lowest BCUT2D eigenvalue weighted by Crippen LogP contribution is -2.29. The molecule has 4 heterocycles.